The summed E-state index contributed by atoms with van der Waals surface area (Å²) < 4.78 is 5.23. The third kappa shape index (κ3) is 3.24. The summed E-state index contributed by atoms with van der Waals surface area (Å²) in [6.45, 7) is 5.03. The van der Waals surface area contributed by atoms with E-state index in [1.54, 1.807) is 7.11 Å². The van der Waals surface area contributed by atoms with Crippen LogP contribution in [0.15, 0.2) is 18.2 Å². The smallest absolute Gasteiger partial charge is 0.121 e. The second-order valence-electron chi connectivity index (χ2n) is 4.02. The number of aryl methyl sites for hydroxylation is 1. The normalized spacial score (nSPS) is 12.5. The van der Waals surface area contributed by atoms with Gasteiger partial charge in [-0.3, -0.25) is 0 Å². The van der Waals surface area contributed by atoms with E-state index in [-0.39, 0.29) is 0 Å². The van der Waals surface area contributed by atoms with E-state index in [1.807, 2.05) is 6.07 Å². The molecule has 1 aromatic carbocycles. The van der Waals surface area contributed by atoms with Gasteiger partial charge in [0.15, 0.2) is 0 Å². The number of nitrogens with two attached hydrogens (primary N) is 1. The molecule has 0 saturated heterocycles. The molecule has 0 aliphatic carbocycles. The first-order chi connectivity index (χ1) is 7.21. The molecule has 15 heavy (non-hydrogen) atoms. The Kier molecular flexibility index (Phi) is 4.63. The lowest BCUT2D eigenvalue weighted by atomic mass is 9.96. The Bertz CT molecular complexity index is 305. The van der Waals surface area contributed by atoms with Crippen LogP contribution in [0.5, 0.6) is 5.75 Å². The second-order valence-corrected chi connectivity index (χ2v) is 4.02. The number of benzene rings is 1. The lowest BCUT2D eigenvalue weighted by Gasteiger charge is -2.13. The minimum atomic E-state index is 0.595. The zero-order chi connectivity index (χ0) is 11.3. The summed E-state index contributed by atoms with van der Waals surface area (Å²) in [5.74, 6) is 1.55. The highest BCUT2D eigenvalue weighted by atomic mass is 16.5. The molecule has 0 bridgehead atoms. The summed E-state index contributed by atoms with van der Waals surface area (Å²) in [5, 5.41) is 0. The second kappa shape index (κ2) is 5.76. The van der Waals surface area contributed by atoms with Gasteiger partial charge in [-0.1, -0.05) is 25.5 Å². The van der Waals surface area contributed by atoms with Crippen molar-refractivity contribution < 1.29 is 4.74 Å². The third-order valence-electron chi connectivity index (χ3n) is 2.89. The lowest BCUT2D eigenvalue weighted by Crippen LogP contribution is -2.15. The van der Waals surface area contributed by atoms with Crippen molar-refractivity contribution in [2.24, 2.45) is 11.7 Å². The van der Waals surface area contributed by atoms with Crippen LogP contribution in [-0.4, -0.2) is 13.7 Å². The molecule has 0 fully saturated rings. The summed E-state index contributed by atoms with van der Waals surface area (Å²) in [4.78, 5) is 0. The molecule has 0 heterocycles. The van der Waals surface area contributed by atoms with Crippen LogP contribution in [0.4, 0.5) is 0 Å². The average molecular weight is 207 g/mol. The maximum atomic E-state index is 5.70. The Morgan fingerprint density at radius 1 is 1.40 bits per heavy atom. The predicted octanol–water partition coefficient (Wildman–Crippen LogP) is 2.53. The van der Waals surface area contributed by atoms with Gasteiger partial charge < -0.3 is 10.5 Å². The van der Waals surface area contributed by atoms with Gasteiger partial charge in [0.2, 0.25) is 0 Å². The highest BCUT2D eigenvalue weighted by Crippen LogP contribution is 2.20. The van der Waals surface area contributed by atoms with Gasteiger partial charge in [0.05, 0.1) is 7.11 Å². The van der Waals surface area contributed by atoms with Crippen LogP contribution in [0.2, 0.25) is 0 Å². The van der Waals surface area contributed by atoms with Crippen LogP contribution >= 0.6 is 0 Å². The van der Waals surface area contributed by atoms with Gasteiger partial charge in [-0.2, -0.15) is 0 Å². The Morgan fingerprint density at radius 2 is 2.13 bits per heavy atom. The van der Waals surface area contributed by atoms with Crippen LogP contribution in [0.1, 0.15) is 24.5 Å². The minimum absolute atomic E-state index is 0.595. The fourth-order valence-corrected chi connectivity index (χ4v) is 1.80. The predicted molar refractivity (Wildman–Crippen MR) is 64.3 cm³/mol. The molecule has 0 spiro atoms. The zero-order valence-corrected chi connectivity index (χ0v) is 9.92. The van der Waals surface area contributed by atoms with Crippen molar-refractivity contribution in [3.8, 4) is 5.75 Å². The molecular weight excluding hydrogens is 186 g/mol. The van der Waals surface area contributed by atoms with Gasteiger partial charge in [-0.05, 0) is 43.0 Å². The first-order valence-corrected chi connectivity index (χ1v) is 5.54. The molecule has 0 amide bonds. The van der Waals surface area contributed by atoms with Crippen molar-refractivity contribution in [1.82, 2.24) is 0 Å². The van der Waals surface area contributed by atoms with Crippen LogP contribution in [0, 0.1) is 12.8 Å². The van der Waals surface area contributed by atoms with Crippen LogP contribution in [0.25, 0.3) is 0 Å². The molecule has 1 rings (SSSR count). The molecule has 0 aliphatic heterocycles. The van der Waals surface area contributed by atoms with E-state index in [4.69, 9.17) is 10.5 Å². The van der Waals surface area contributed by atoms with E-state index >= 15 is 0 Å². The number of hydrogen-bond acceptors (Lipinski definition) is 2. The highest BCUT2D eigenvalue weighted by molar-refractivity contribution is 5.36. The maximum absolute atomic E-state index is 5.70. The van der Waals surface area contributed by atoms with Crippen molar-refractivity contribution in [2.45, 2.75) is 26.7 Å². The topological polar surface area (TPSA) is 35.2 Å². The summed E-state index contributed by atoms with van der Waals surface area (Å²) in [6, 6.07) is 6.36. The SMILES string of the molecule is CCC(CN)Cc1ccc(OC)c(C)c1. The molecule has 1 unspecified atom stereocenters. The Morgan fingerprint density at radius 3 is 2.60 bits per heavy atom. The van der Waals surface area contributed by atoms with Crippen molar-refractivity contribution in [3.63, 3.8) is 0 Å². The van der Waals surface area contributed by atoms with Gasteiger partial charge in [-0.15, -0.1) is 0 Å². The molecule has 84 valence electrons. The summed E-state index contributed by atoms with van der Waals surface area (Å²) in [5.41, 5.74) is 8.25. The summed E-state index contributed by atoms with van der Waals surface area (Å²) in [7, 11) is 1.71. The van der Waals surface area contributed by atoms with E-state index in [0.717, 1.165) is 25.1 Å². The van der Waals surface area contributed by atoms with E-state index < -0.39 is 0 Å². The van der Waals surface area contributed by atoms with Gasteiger partial charge in [0.1, 0.15) is 5.75 Å². The summed E-state index contributed by atoms with van der Waals surface area (Å²) >= 11 is 0. The fourth-order valence-electron chi connectivity index (χ4n) is 1.80. The Hall–Kier alpha value is -1.02. The first-order valence-electron chi connectivity index (χ1n) is 5.54. The van der Waals surface area contributed by atoms with Crippen molar-refractivity contribution in [3.05, 3.63) is 29.3 Å². The minimum Gasteiger partial charge on any atom is -0.496 e. The monoisotopic (exact) mass is 207 g/mol. The molecule has 2 N–H and O–H groups in total. The molecule has 0 aliphatic rings. The third-order valence-corrected chi connectivity index (χ3v) is 2.89. The number of hydrogen-bond donors (Lipinski definition) is 1. The van der Waals surface area contributed by atoms with Gasteiger partial charge in [0.25, 0.3) is 0 Å². The molecule has 0 aromatic heterocycles. The van der Waals surface area contributed by atoms with E-state index in [9.17, 15) is 0 Å². The van der Waals surface area contributed by atoms with E-state index in [2.05, 4.69) is 26.0 Å². The molecule has 0 saturated carbocycles. The average Bonchev–Trinajstić information content (AvgIpc) is 2.26. The molecule has 2 heteroatoms. The summed E-state index contributed by atoms with van der Waals surface area (Å²) in [6.07, 6.45) is 2.21. The molecule has 1 aromatic rings. The molecule has 1 atom stereocenters. The largest absolute Gasteiger partial charge is 0.496 e. The molecule has 2 nitrogen and oxygen atoms in total. The van der Waals surface area contributed by atoms with Gasteiger partial charge in [-0.25, -0.2) is 0 Å². The maximum Gasteiger partial charge on any atom is 0.121 e. The van der Waals surface area contributed by atoms with Gasteiger partial charge >= 0.3 is 0 Å². The Labute approximate surface area is 92.4 Å². The molecular formula is C13H21NO. The number of methoxy groups -OCH3 is 1. The van der Waals surface area contributed by atoms with Crippen molar-refractivity contribution >= 4 is 0 Å². The quantitative estimate of drug-likeness (QED) is 0.805. The van der Waals surface area contributed by atoms with E-state index in [1.165, 1.54) is 11.1 Å². The zero-order valence-electron chi connectivity index (χ0n) is 9.92. The lowest BCUT2D eigenvalue weighted by molar-refractivity contribution is 0.411. The standard InChI is InChI=1S/C13H21NO/c1-4-11(9-14)8-12-5-6-13(15-3)10(2)7-12/h5-7,11H,4,8-9,14H2,1-3H3. The Balaban J connectivity index is 2.74. The van der Waals surface area contributed by atoms with Gasteiger partial charge in [0, 0.05) is 0 Å². The van der Waals surface area contributed by atoms with Crippen LogP contribution < -0.4 is 10.5 Å². The van der Waals surface area contributed by atoms with Crippen LogP contribution in [-0.2, 0) is 6.42 Å². The van der Waals surface area contributed by atoms with E-state index in [0.29, 0.717) is 5.92 Å². The molecule has 0 radical (unpaired) electrons. The van der Waals surface area contributed by atoms with Crippen molar-refractivity contribution in [1.29, 1.82) is 0 Å². The van der Waals surface area contributed by atoms with Crippen LogP contribution in [0.3, 0.4) is 0 Å². The fraction of sp³-hybridized carbons (Fsp3) is 0.538. The number of rotatable bonds is 5. The van der Waals surface area contributed by atoms with Crippen molar-refractivity contribution in [2.75, 3.05) is 13.7 Å². The first kappa shape index (κ1) is 12.1. The number of ether oxygens (including phenoxy) is 1. The highest BCUT2D eigenvalue weighted by Gasteiger charge is 2.06.